The van der Waals surface area contributed by atoms with E-state index in [-0.39, 0.29) is 26.1 Å². The molecule has 0 fully saturated rings. The van der Waals surface area contributed by atoms with Crippen molar-refractivity contribution in [1.29, 1.82) is 0 Å². The molecule has 8 aromatic rings. The van der Waals surface area contributed by atoms with Crippen LogP contribution < -0.4 is 24.3 Å². The van der Waals surface area contributed by atoms with E-state index in [0.717, 1.165) is 71.7 Å². The molecule has 6 heterocycles. The molecule has 0 unspecified atom stereocenters. The summed E-state index contributed by atoms with van der Waals surface area (Å²) >= 11 is 0. The number of rotatable bonds is 13. The van der Waals surface area contributed by atoms with Gasteiger partial charge in [-0.25, -0.2) is 35.5 Å². The number of fused-ring (bicyclic) bond motifs is 2. The molecule has 0 N–H and O–H groups in total. The van der Waals surface area contributed by atoms with Crippen molar-refractivity contribution in [3.8, 4) is 11.4 Å². The normalized spacial score (nSPS) is 12.8. The number of anilines is 6. The van der Waals surface area contributed by atoms with E-state index in [1.54, 1.807) is 23.4 Å². The molecule has 0 atom stereocenters. The number of para-hydroxylation sites is 2. The van der Waals surface area contributed by atoms with Crippen LogP contribution in [0.1, 0.15) is 43.9 Å². The van der Waals surface area contributed by atoms with Crippen LogP contribution in [-0.4, -0.2) is 57.9 Å². The van der Waals surface area contributed by atoms with Gasteiger partial charge >= 0.3 is 0 Å². The van der Waals surface area contributed by atoms with Gasteiger partial charge in [0, 0.05) is 44.3 Å². The Kier molecular flexibility index (Phi) is 13.3. The van der Waals surface area contributed by atoms with Gasteiger partial charge in [-0.1, -0.05) is 72.6 Å². The van der Waals surface area contributed by atoms with Gasteiger partial charge in [-0.3, -0.25) is 5.10 Å². The third kappa shape index (κ3) is 9.54. The van der Waals surface area contributed by atoms with Gasteiger partial charge < -0.3 is 24.3 Å². The van der Waals surface area contributed by atoms with Gasteiger partial charge in [-0.05, 0) is 50.9 Å². The van der Waals surface area contributed by atoms with Gasteiger partial charge in [0.2, 0.25) is 0 Å². The molecule has 10 rings (SSSR count). The van der Waals surface area contributed by atoms with E-state index >= 15 is 0 Å². The summed E-state index contributed by atoms with van der Waals surface area (Å²) in [4.78, 5) is 26.4. The molecule has 0 amide bonds. The summed E-state index contributed by atoms with van der Waals surface area (Å²) in [6.07, 6.45) is 15.5. The van der Waals surface area contributed by atoms with E-state index in [1.807, 2.05) is 105 Å². The van der Waals surface area contributed by atoms with Gasteiger partial charge in [-0.2, -0.15) is 73.0 Å². The maximum Gasteiger partial charge on any atom is 0.143 e. The van der Waals surface area contributed by atoms with Crippen LogP contribution in [-0.2, 0) is 33.2 Å². The van der Waals surface area contributed by atoms with Crippen molar-refractivity contribution >= 4 is 34.5 Å². The molecule has 62 heavy (non-hydrogen) atoms. The van der Waals surface area contributed by atoms with Gasteiger partial charge in [0.15, 0.2) is 0 Å². The van der Waals surface area contributed by atoms with Crippen LogP contribution in [0, 0.1) is 37.9 Å². The predicted octanol–water partition coefficient (Wildman–Crippen LogP) is 7.21. The number of hydrogen-bond acceptors (Lipinski definition) is 11. The number of unbranched alkanes of at least 4 members (excludes halogenated alkanes) is 1. The summed E-state index contributed by atoms with van der Waals surface area (Å²) in [6.45, 7) is 11.3. The Balaban J connectivity index is 0.000000172. The number of benzene rings is 4. The monoisotopic (exact) mass is 996 g/mol. The summed E-state index contributed by atoms with van der Waals surface area (Å²) < 4.78 is 5.45. The van der Waals surface area contributed by atoms with Crippen LogP contribution in [0.5, 0.6) is 0 Å². The van der Waals surface area contributed by atoms with E-state index in [1.165, 1.54) is 5.56 Å². The first-order valence-corrected chi connectivity index (χ1v) is 20.3. The van der Waals surface area contributed by atoms with Gasteiger partial charge in [0.05, 0.1) is 17.9 Å². The van der Waals surface area contributed by atoms with Crippen LogP contribution in [0.2, 0.25) is 0 Å². The zero-order valence-corrected chi connectivity index (χ0v) is 36.7. The summed E-state index contributed by atoms with van der Waals surface area (Å²) in [7, 11) is 0. The molecule has 4 aromatic heterocycles. The first-order chi connectivity index (χ1) is 30.1. The standard InChI is InChI=1S/C26H22N8.C21H21N6.Ir/c1-3-9-21(10-4-1)33-19-31(23-17-27-18-30-24(23)33)15-7-8-16-32-20-34(22-11-5-2-6-12-22)26-25(32)28-13-14-29-26;1-17(2)27-21(16-26(24-27)14-19-11-7-4-8-12-19)20-15-25(23-22-20)13-18-9-5-3-6-10-18;/h1-6,9,11,13-14,17-20H,7-8,15-16H2;3-12,17H,13-14H2,1-2H3;/q-4;-1;. The number of aromatic nitrogens is 10. The minimum Gasteiger partial charge on any atom is -0.499 e. The van der Waals surface area contributed by atoms with Crippen LogP contribution >= 0.6 is 0 Å². The second kappa shape index (κ2) is 19.7. The van der Waals surface area contributed by atoms with E-state index in [4.69, 9.17) is 0 Å². The van der Waals surface area contributed by atoms with Gasteiger partial charge in [0.25, 0.3) is 0 Å². The summed E-state index contributed by atoms with van der Waals surface area (Å²) in [5.41, 5.74) is 6.70. The Hall–Kier alpha value is -6.83. The fourth-order valence-corrected chi connectivity index (χ4v) is 7.13. The van der Waals surface area contributed by atoms with Crippen molar-refractivity contribution in [3.05, 3.63) is 183 Å². The smallest absolute Gasteiger partial charge is 0.143 e. The molecule has 4 aromatic carbocycles. The van der Waals surface area contributed by atoms with Crippen molar-refractivity contribution in [1.82, 2.24) is 44.8 Å². The fourth-order valence-electron chi connectivity index (χ4n) is 7.13. The second-order valence-corrected chi connectivity index (χ2v) is 14.7. The fraction of sp³-hybridized carbons (Fsp3) is 0.191. The quantitative estimate of drug-likeness (QED) is 0.0664. The van der Waals surface area contributed by atoms with Crippen LogP contribution in [0.25, 0.3) is 11.4 Å². The van der Waals surface area contributed by atoms with E-state index in [2.05, 4.69) is 126 Å². The Morgan fingerprint density at radius 3 is 2.00 bits per heavy atom. The first-order valence-electron chi connectivity index (χ1n) is 20.3. The third-order valence-electron chi connectivity index (χ3n) is 10.1. The van der Waals surface area contributed by atoms with Crippen LogP contribution in [0.3, 0.4) is 0 Å². The number of hydrogen-bond donors (Lipinski definition) is 0. The SMILES string of the molecule is CC(C)n1n[n+](Cc2ccccc2)[c-]c1-c1[c-]n(Cc2ccccc2)nn1.[Ir].[c-]1ccccc1N1[CH-]N(CCCCN2[CH-]N(c3[c-]cccc3)c3nccnc32)c2cncnc21. The zero-order valence-electron chi connectivity index (χ0n) is 34.3. The van der Waals surface area contributed by atoms with Crippen molar-refractivity contribution in [2.24, 2.45) is 0 Å². The molecule has 0 spiro atoms. The molecule has 0 saturated heterocycles. The van der Waals surface area contributed by atoms with Crippen molar-refractivity contribution in [2.75, 3.05) is 32.7 Å². The van der Waals surface area contributed by atoms with Crippen LogP contribution in [0.4, 0.5) is 34.5 Å². The first kappa shape index (κ1) is 41.9. The molecule has 0 bridgehead atoms. The molecule has 2 aliphatic heterocycles. The van der Waals surface area contributed by atoms with E-state index in [0.29, 0.717) is 18.8 Å². The van der Waals surface area contributed by atoms with Crippen molar-refractivity contribution in [2.45, 2.75) is 45.8 Å². The minimum absolute atomic E-state index is 0. The maximum atomic E-state index is 4.66. The molecular weight excluding hydrogens is 953 g/mol. The van der Waals surface area contributed by atoms with Crippen molar-refractivity contribution in [3.63, 3.8) is 0 Å². The van der Waals surface area contributed by atoms with Gasteiger partial charge in [0.1, 0.15) is 30.3 Å². The predicted molar refractivity (Wildman–Crippen MR) is 232 cm³/mol. The Bertz CT molecular complexity index is 2520. The zero-order chi connectivity index (χ0) is 41.4. The molecule has 0 saturated carbocycles. The third-order valence-corrected chi connectivity index (χ3v) is 10.1. The summed E-state index contributed by atoms with van der Waals surface area (Å²) in [5.74, 6) is 2.58. The number of nitrogens with zero attached hydrogens (tertiary/aromatic N) is 14. The molecule has 15 heteroatoms. The molecule has 0 aliphatic carbocycles. The largest absolute Gasteiger partial charge is 0.499 e. The molecule has 1 radical (unpaired) electrons. The minimum atomic E-state index is 0. The van der Waals surface area contributed by atoms with Gasteiger partial charge in [-0.15, -0.1) is 23.3 Å². The van der Waals surface area contributed by atoms with E-state index in [9.17, 15) is 0 Å². The molecular formula is C47H43IrN14-5. The second-order valence-electron chi connectivity index (χ2n) is 14.7. The summed E-state index contributed by atoms with van der Waals surface area (Å²) in [5, 5.41) is 13.2. The molecule has 14 nitrogen and oxygen atoms in total. The Morgan fingerprint density at radius 2 is 1.32 bits per heavy atom. The Morgan fingerprint density at radius 1 is 0.694 bits per heavy atom. The Labute approximate surface area is 375 Å². The average Bonchev–Trinajstić information content (AvgIpc) is 4.12. The van der Waals surface area contributed by atoms with Crippen LogP contribution in [0.15, 0.2) is 134 Å². The molecule has 315 valence electrons. The summed E-state index contributed by atoms with van der Waals surface area (Å²) in [6, 6.07) is 42.9. The maximum absolute atomic E-state index is 4.66. The van der Waals surface area contributed by atoms with Crippen molar-refractivity contribution < 1.29 is 24.8 Å². The topological polar surface area (TPSA) is 117 Å². The molecule has 2 aliphatic rings. The average molecular weight is 996 g/mol. The van der Waals surface area contributed by atoms with E-state index < -0.39 is 0 Å².